The van der Waals surface area contributed by atoms with Gasteiger partial charge in [-0.3, -0.25) is 10.1 Å². The summed E-state index contributed by atoms with van der Waals surface area (Å²) in [5.41, 5.74) is 1.66. The summed E-state index contributed by atoms with van der Waals surface area (Å²) in [6, 6.07) is 3.87. The van der Waals surface area contributed by atoms with Crippen molar-refractivity contribution in [3.8, 4) is 0 Å². The van der Waals surface area contributed by atoms with Gasteiger partial charge in [0.05, 0.1) is 19.0 Å². The molecule has 0 fully saturated rings. The van der Waals surface area contributed by atoms with Crippen LogP contribution in [0.4, 0.5) is 0 Å². The molecule has 0 aliphatic rings. The molecule has 1 heterocycles. The molecule has 0 aliphatic carbocycles. The predicted molar refractivity (Wildman–Crippen MR) is 117 cm³/mol. The van der Waals surface area contributed by atoms with Crippen LogP contribution in [0.15, 0.2) is 30.7 Å². The van der Waals surface area contributed by atoms with E-state index in [4.69, 9.17) is 27.9 Å². The molecular formula is C21H29Cl2N3O4. The Balaban J connectivity index is 2.16. The van der Waals surface area contributed by atoms with Gasteiger partial charge in [-0.15, -0.1) is 0 Å². The molecule has 0 spiro atoms. The molecule has 166 valence electrons. The Labute approximate surface area is 187 Å². The van der Waals surface area contributed by atoms with E-state index in [1.54, 1.807) is 25.5 Å². The maximum Gasteiger partial charge on any atom is 0.323 e. The van der Waals surface area contributed by atoms with Gasteiger partial charge in [-0.05, 0) is 43.0 Å². The minimum atomic E-state index is -1.67. The largest absolute Gasteiger partial charge is 0.465 e. The Kier molecular flexibility index (Phi) is 9.58. The molecule has 0 aliphatic heterocycles. The molecule has 9 heteroatoms. The molecule has 30 heavy (non-hydrogen) atoms. The third-order valence-electron chi connectivity index (χ3n) is 4.56. The number of carbonyl (C=O) groups excluding carboxylic acids is 1. The third kappa shape index (κ3) is 7.56. The molecular weight excluding hydrogens is 429 g/mol. The lowest BCUT2D eigenvalue weighted by molar-refractivity contribution is -0.147. The van der Waals surface area contributed by atoms with E-state index >= 15 is 0 Å². The van der Waals surface area contributed by atoms with Crippen LogP contribution >= 0.6 is 23.2 Å². The first kappa shape index (κ1) is 24.6. The van der Waals surface area contributed by atoms with E-state index in [9.17, 15) is 15.0 Å². The van der Waals surface area contributed by atoms with Crippen LogP contribution in [0.1, 0.15) is 38.4 Å². The number of aliphatic hydroxyl groups is 2. The number of hydrogen-bond donors (Lipinski definition) is 3. The van der Waals surface area contributed by atoms with E-state index in [1.165, 1.54) is 0 Å². The Hall–Kier alpha value is -1.64. The first-order chi connectivity index (χ1) is 14.2. The summed E-state index contributed by atoms with van der Waals surface area (Å²) >= 11 is 12.2. The lowest BCUT2D eigenvalue weighted by Crippen LogP contribution is -2.51. The summed E-state index contributed by atoms with van der Waals surface area (Å²) in [6.07, 6.45) is 2.41. The number of hydrogen-bond acceptors (Lipinski definition) is 6. The van der Waals surface area contributed by atoms with E-state index < -0.39 is 24.3 Å². The second-order valence-electron chi connectivity index (χ2n) is 7.62. The zero-order valence-electron chi connectivity index (χ0n) is 17.4. The molecule has 0 bridgehead atoms. The molecule has 0 saturated carbocycles. The number of rotatable bonds is 11. The van der Waals surface area contributed by atoms with Crippen molar-refractivity contribution in [3.63, 3.8) is 0 Å². The van der Waals surface area contributed by atoms with Crippen LogP contribution in [0.25, 0.3) is 0 Å². The molecule has 1 aromatic heterocycles. The number of halogens is 2. The fraction of sp³-hybridized carbons (Fsp3) is 0.524. The smallest absolute Gasteiger partial charge is 0.323 e. The fourth-order valence-corrected chi connectivity index (χ4v) is 3.81. The van der Waals surface area contributed by atoms with Crippen LogP contribution in [0.2, 0.25) is 10.0 Å². The Bertz CT molecular complexity index is 806. The quantitative estimate of drug-likeness (QED) is 0.354. The van der Waals surface area contributed by atoms with Crippen molar-refractivity contribution in [2.75, 3.05) is 6.61 Å². The predicted octanol–water partition coefficient (Wildman–Crippen LogP) is 3.03. The van der Waals surface area contributed by atoms with E-state index in [-0.39, 0.29) is 18.9 Å². The fourth-order valence-electron chi connectivity index (χ4n) is 3.24. The Morgan fingerprint density at radius 3 is 2.47 bits per heavy atom. The van der Waals surface area contributed by atoms with Crippen LogP contribution in [0, 0.1) is 5.92 Å². The minimum Gasteiger partial charge on any atom is -0.465 e. The summed E-state index contributed by atoms with van der Waals surface area (Å²) in [4.78, 5) is 16.5. The van der Waals surface area contributed by atoms with Crippen molar-refractivity contribution in [1.82, 2.24) is 14.9 Å². The average Bonchev–Trinajstić information content (AvgIpc) is 3.06. The zero-order valence-corrected chi connectivity index (χ0v) is 18.9. The summed E-state index contributed by atoms with van der Waals surface area (Å²) < 4.78 is 7.01. The lowest BCUT2D eigenvalue weighted by Gasteiger charge is -2.27. The van der Waals surface area contributed by atoms with Crippen molar-refractivity contribution in [2.24, 2.45) is 5.92 Å². The Morgan fingerprint density at radius 1 is 1.23 bits per heavy atom. The number of imidazole rings is 1. The molecule has 0 amide bonds. The first-order valence-electron chi connectivity index (χ1n) is 9.92. The molecule has 2 unspecified atom stereocenters. The number of benzene rings is 1. The molecule has 7 nitrogen and oxygen atoms in total. The van der Waals surface area contributed by atoms with Gasteiger partial charge in [-0.2, -0.15) is 0 Å². The highest BCUT2D eigenvalue weighted by atomic mass is 35.5. The molecule has 2 aromatic rings. The average molecular weight is 458 g/mol. The van der Waals surface area contributed by atoms with Gasteiger partial charge in [-0.1, -0.05) is 37.0 Å². The zero-order chi connectivity index (χ0) is 22.3. The van der Waals surface area contributed by atoms with E-state index in [0.29, 0.717) is 23.0 Å². The molecule has 3 N–H and O–H groups in total. The van der Waals surface area contributed by atoms with E-state index in [0.717, 1.165) is 11.3 Å². The number of ether oxygens (including phenoxy) is 1. The molecule has 0 saturated heterocycles. The summed E-state index contributed by atoms with van der Waals surface area (Å²) in [5.74, 6) is -0.180. The lowest BCUT2D eigenvalue weighted by atomic mass is 10.0. The highest BCUT2D eigenvalue weighted by Crippen LogP contribution is 2.20. The van der Waals surface area contributed by atoms with Crippen molar-refractivity contribution < 1.29 is 19.7 Å². The number of carbonyl (C=O) groups is 1. The topological polar surface area (TPSA) is 96.6 Å². The summed E-state index contributed by atoms with van der Waals surface area (Å²) in [6.45, 7) is 6.45. The second-order valence-corrected chi connectivity index (χ2v) is 8.49. The van der Waals surface area contributed by atoms with Gasteiger partial charge in [0.15, 0.2) is 6.29 Å². The molecule has 0 radical (unpaired) electrons. The third-order valence-corrected chi connectivity index (χ3v) is 4.99. The van der Waals surface area contributed by atoms with Gasteiger partial charge in [0, 0.05) is 34.9 Å². The second kappa shape index (κ2) is 11.7. The van der Waals surface area contributed by atoms with Crippen molar-refractivity contribution in [3.05, 3.63) is 52.0 Å². The van der Waals surface area contributed by atoms with Crippen LogP contribution < -0.4 is 5.32 Å². The number of nitrogens with one attached hydrogen (secondary N) is 1. The van der Waals surface area contributed by atoms with Crippen molar-refractivity contribution in [1.29, 1.82) is 0 Å². The van der Waals surface area contributed by atoms with E-state index in [1.807, 2.05) is 30.5 Å². The molecule has 2 rings (SSSR count). The number of nitrogens with zero attached hydrogens (tertiary/aromatic N) is 2. The van der Waals surface area contributed by atoms with Crippen LogP contribution in [0.3, 0.4) is 0 Å². The van der Waals surface area contributed by atoms with Gasteiger partial charge >= 0.3 is 5.97 Å². The van der Waals surface area contributed by atoms with Crippen molar-refractivity contribution in [2.45, 2.75) is 58.5 Å². The normalized spacial score (nSPS) is 13.6. The highest BCUT2D eigenvalue weighted by Gasteiger charge is 2.28. The van der Waals surface area contributed by atoms with E-state index in [2.05, 4.69) is 10.3 Å². The number of aliphatic hydroxyl groups excluding tert-OH is 1. The van der Waals surface area contributed by atoms with Crippen molar-refractivity contribution >= 4 is 29.2 Å². The van der Waals surface area contributed by atoms with Gasteiger partial charge < -0.3 is 19.5 Å². The van der Waals surface area contributed by atoms with Crippen LogP contribution in [0.5, 0.6) is 0 Å². The van der Waals surface area contributed by atoms with Gasteiger partial charge in [0.25, 0.3) is 0 Å². The standard InChI is InChI=1S/C21H29Cl2N3O4/c1-4-30-21(29)19(5-13(2)3)25-18(20(27)28)9-17-10-24-12-26(17)11-14-6-15(22)8-16(23)7-14/h6-8,10,12-13,18-20,25,27-28H,4-5,9,11H2,1-3H3. The molecule has 2 atom stereocenters. The maximum absolute atomic E-state index is 12.3. The minimum absolute atomic E-state index is 0.224. The van der Waals surface area contributed by atoms with Crippen LogP contribution in [-0.4, -0.2) is 50.7 Å². The summed E-state index contributed by atoms with van der Waals surface area (Å²) in [7, 11) is 0. The first-order valence-corrected chi connectivity index (χ1v) is 10.7. The van der Waals surface area contributed by atoms with Gasteiger partial charge in [0.2, 0.25) is 0 Å². The Morgan fingerprint density at radius 2 is 1.90 bits per heavy atom. The maximum atomic E-state index is 12.3. The van der Waals surface area contributed by atoms with Crippen LogP contribution in [-0.2, 0) is 22.5 Å². The molecule has 1 aromatic carbocycles. The van der Waals surface area contributed by atoms with Gasteiger partial charge in [-0.25, -0.2) is 4.98 Å². The SMILES string of the molecule is CCOC(=O)C(CC(C)C)NC(Cc1cncn1Cc1cc(Cl)cc(Cl)c1)C(O)O. The van der Waals surface area contributed by atoms with Gasteiger partial charge in [0.1, 0.15) is 6.04 Å². The number of aromatic nitrogens is 2. The highest BCUT2D eigenvalue weighted by molar-refractivity contribution is 6.34. The number of esters is 1. The monoisotopic (exact) mass is 457 g/mol. The summed E-state index contributed by atoms with van der Waals surface area (Å²) in [5, 5.41) is 24.0.